The maximum atomic E-state index is 13.2. The Balaban J connectivity index is 1.50. The van der Waals surface area contributed by atoms with Gasteiger partial charge in [0.1, 0.15) is 6.10 Å². The van der Waals surface area contributed by atoms with Gasteiger partial charge in [0.15, 0.2) is 0 Å². The van der Waals surface area contributed by atoms with Gasteiger partial charge in [-0.3, -0.25) is 9.69 Å². The van der Waals surface area contributed by atoms with E-state index in [0.717, 1.165) is 43.7 Å². The Bertz CT molecular complexity index is 861. The highest BCUT2D eigenvalue weighted by atomic mass is 16.5. The molecule has 5 rings (SSSR count). The number of rotatable bonds is 7. The summed E-state index contributed by atoms with van der Waals surface area (Å²) < 4.78 is 10.8. The zero-order valence-corrected chi connectivity index (χ0v) is 17.3. The smallest absolute Gasteiger partial charge is 0.337 e. The van der Waals surface area contributed by atoms with Gasteiger partial charge in [-0.05, 0) is 61.7 Å². The largest absolute Gasteiger partial charge is 0.465 e. The van der Waals surface area contributed by atoms with E-state index in [0.29, 0.717) is 18.0 Å². The van der Waals surface area contributed by atoms with Crippen molar-refractivity contribution in [1.29, 1.82) is 0 Å². The molecule has 0 aliphatic carbocycles. The van der Waals surface area contributed by atoms with E-state index in [1.165, 1.54) is 7.11 Å². The molecular formula is C24H28N2O4. The van der Waals surface area contributed by atoms with Crippen molar-refractivity contribution in [2.24, 2.45) is 5.92 Å². The SMILES string of the molecule is COC(=O)c1ccc([C@@H](CNc2ccccc2)C(=O)O[C@H]2CN3CCC2CC3)cc1. The Morgan fingerprint density at radius 2 is 1.77 bits per heavy atom. The van der Waals surface area contributed by atoms with Crippen LogP contribution >= 0.6 is 0 Å². The van der Waals surface area contributed by atoms with Gasteiger partial charge in [0.05, 0.1) is 18.6 Å². The standard InChI is InChI=1S/C24H28N2O4/c1-29-23(27)19-9-7-17(8-10-19)21(15-25-20-5-3-2-4-6-20)24(28)30-22-16-26-13-11-18(22)12-14-26/h2-10,18,21-22,25H,11-16H2,1H3/t21-,22+/m1/s1. The maximum Gasteiger partial charge on any atom is 0.337 e. The van der Waals surface area contributed by atoms with E-state index < -0.39 is 11.9 Å². The van der Waals surface area contributed by atoms with Gasteiger partial charge in [-0.15, -0.1) is 0 Å². The van der Waals surface area contributed by atoms with Crippen LogP contribution in [0.2, 0.25) is 0 Å². The first kappa shape index (κ1) is 20.4. The van der Waals surface area contributed by atoms with Crippen LogP contribution in [0.25, 0.3) is 0 Å². The van der Waals surface area contributed by atoms with Gasteiger partial charge < -0.3 is 14.8 Å². The van der Waals surface area contributed by atoms with Gasteiger partial charge in [-0.25, -0.2) is 4.79 Å². The first-order chi connectivity index (χ1) is 14.6. The number of methoxy groups -OCH3 is 1. The Morgan fingerprint density at radius 3 is 2.37 bits per heavy atom. The molecule has 2 bridgehead atoms. The fourth-order valence-electron chi connectivity index (χ4n) is 4.36. The molecule has 3 heterocycles. The maximum absolute atomic E-state index is 13.2. The molecule has 2 atom stereocenters. The Morgan fingerprint density at radius 1 is 1.07 bits per heavy atom. The molecule has 6 heteroatoms. The number of para-hydroxylation sites is 1. The van der Waals surface area contributed by atoms with Crippen molar-refractivity contribution in [3.63, 3.8) is 0 Å². The zero-order chi connectivity index (χ0) is 20.9. The lowest BCUT2D eigenvalue weighted by atomic mass is 9.85. The van der Waals surface area contributed by atoms with Gasteiger partial charge in [-0.2, -0.15) is 0 Å². The number of benzene rings is 2. The molecule has 3 aliphatic heterocycles. The van der Waals surface area contributed by atoms with Crippen molar-refractivity contribution in [2.45, 2.75) is 24.9 Å². The highest BCUT2D eigenvalue weighted by Gasteiger charge is 2.37. The van der Waals surface area contributed by atoms with Crippen LogP contribution in [-0.4, -0.2) is 56.2 Å². The van der Waals surface area contributed by atoms with Crippen LogP contribution in [-0.2, 0) is 14.3 Å². The van der Waals surface area contributed by atoms with E-state index in [9.17, 15) is 9.59 Å². The van der Waals surface area contributed by atoms with Crippen molar-refractivity contribution in [3.05, 3.63) is 65.7 Å². The zero-order valence-electron chi connectivity index (χ0n) is 17.3. The average Bonchev–Trinajstić information content (AvgIpc) is 2.80. The summed E-state index contributed by atoms with van der Waals surface area (Å²) in [6.45, 7) is 3.46. The first-order valence-electron chi connectivity index (χ1n) is 10.5. The van der Waals surface area contributed by atoms with E-state index in [1.807, 2.05) is 30.3 Å². The molecule has 2 aromatic carbocycles. The van der Waals surface area contributed by atoms with Crippen LogP contribution in [0.1, 0.15) is 34.7 Å². The number of fused-ring (bicyclic) bond motifs is 3. The summed E-state index contributed by atoms with van der Waals surface area (Å²) in [5, 5.41) is 3.34. The van der Waals surface area contributed by atoms with Gasteiger partial charge in [-0.1, -0.05) is 30.3 Å². The predicted octanol–water partition coefficient (Wildman–Crippen LogP) is 3.31. The van der Waals surface area contributed by atoms with Gasteiger partial charge in [0.2, 0.25) is 0 Å². The number of carbonyl (C=O) groups excluding carboxylic acids is 2. The van der Waals surface area contributed by atoms with E-state index >= 15 is 0 Å². The minimum absolute atomic E-state index is 0.0337. The highest BCUT2D eigenvalue weighted by Crippen LogP contribution is 2.31. The van der Waals surface area contributed by atoms with Gasteiger partial charge >= 0.3 is 11.9 Å². The molecule has 158 valence electrons. The third-order valence-corrected chi connectivity index (χ3v) is 6.17. The lowest BCUT2D eigenvalue weighted by Crippen LogP contribution is -2.52. The molecule has 0 amide bonds. The van der Waals surface area contributed by atoms with Crippen molar-refractivity contribution in [1.82, 2.24) is 4.90 Å². The Hall–Kier alpha value is -2.86. The molecule has 6 nitrogen and oxygen atoms in total. The number of nitrogens with zero attached hydrogens (tertiary/aromatic N) is 1. The first-order valence-corrected chi connectivity index (χ1v) is 10.5. The lowest BCUT2D eigenvalue weighted by Gasteiger charge is -2.44. The van der Waals surface area contributed by atoms with Crippen LogP contribution in [0.5, 0.6) is 0 Å². The summed E-state index contributed by atoms with van der Waals surface area (Å²) in [6, 6.07) is 16.8. The molecule has 30 heavy (non-hydrogen) atoms. The fourth-order valence-corrected chi connectivity index (χ4v) is 4.36. The van der Waals surface area contributed by atoms with Crippen LogP contribution in [0.15, 0.2) is 54.6 Å². The molecule has 3 saturated heterocycles. The van der Waals surface area contributed by atoms with Crippen LogP contribution < -0.4 is 5.32 Å². The molecule has 0 unspecified atom stereocenters. The number of hydrogen-bond acceptors (Lipinski definition) is 6. The summed E-state index contributed by atoms with van der Waals surface area (Å²) in [6.07, 6.45) is 2.16. The third kappa shape index (κ3) is 4.65. The van der Waals surface area contributed by atoms with Crippen molar-refractivity contribution < 1.29 is 19.1 Å². The third-order valence-electron chi connectivity index (χ3n) is 6.17. The molecule has 0 saturated carbocycles. The van der Waals surface area contributed by atoms with E-state index in [-0.39, 0.29) is 12.1 Å². The second kappa shape index (κ2) is 9.30. The summed E-state index contributed by atoms with van der Waals surface area (Å²) >= 11 is 0. The molecule has 2 aromatic rings. The normalized spacial score (nSPS) is 23.4. The van der Waals surface area contributed by atoms with Gasteiger partial charge in [0, 0.05) is 18.8 Å². The summed E-state index contributed by atoms with van der Waals surface area (Å²) in [7, 11) is 1.36. The fraction of sp³-hybridized carbons (Fsp3) is 0.417. The van der Waals surface area contributed by atoms with Crippen molar-refractivity contribution in [2.75, 3.05) is 38.6 Å². The van der Waals surface area contributed by atoms with Gasteiger partial charge in [0.25, 0.3) is 0 Å². The summed E-state index contributed by atoms with van der Waals surface area (Å²) in [5.41, 5.74) is 2.23. The molecule has 0 radical (unpaired) electrons. The number of piperidine rings is 3. The highest BCUT2D eigenvalue weighted by molar-refractivity contribution is 5.89. The summed E-state index contributed by atoms with van der Waals surface area (Å²) in [4.78, 5) is 27.3. The quantitative estimate of drug-likeness (QED) is 0.709. The van der Waals surface area contributed by atoms with Crippen LogP contribution in [0.4, 0.5) is 5.69 Å². The van der Waals surface area contributed by atoms with E-state index in [2.05, 4.69) is 10.2 Å². The molecule has 0 spiro atoms. The molecule has 3 aliphatic rings. The Kier molecular flexibility index (Phi) is 6.33. The number of esters is 2. The van der Waals surface area contributed by atoms with Crippen molar-refractivity contribution >= 4 is 17.6 Å². The number of anilines is 1. The number of ether oxygens (including phenoxy) is 2. The second-order valence-electron chi connectivity index (χ2n) is 8.03. The lowest BCUT2D eigenvalue weighted by molar-refractivity contribution is -0.160. The monoisotopic (exact) mass is 408 g/mol. The topological polar surface area (TPSA) is 67.9 Å². The van der Waals surface area contributed by atoms with Crippen LogP contribution in [0.3, 0.4) is 0 Å². The minimum atomic E-state index is -0.465. The van der Waals surface area contributed by atoms with E-state index in [1.54, 1.807) is 24.3 Å². The number of nitrogens with one attached hydrogen (secondary N) is 1. The number of hydrogen-bond donors (Lipinski definition) is 1. The molecule has 1 N–H and O–H groups in total. The average molecular weight is 408 g/mol. The minimum Gasteiger partial charge on any atom is -0.465 e. The summed E-state index contributed by atoms with van der Waals surface area (Å²) in [5.74, 6) is -0.617. The molecule has 0 aromatic heterocycles. The van der Waals surface area contributed by atoms with E-state index in [4.69, 9.17) is 9.47 Å². The second-order valence-corrected chi connectivity index (χ2v) is 8.03. The van der Waals surface area contributed by atoms with Crippen LogP contribution in [0, 0.1) is 5.92 Å². The molecule has 3 fully saturated rings. The number of carbonyl (C=O) groups is 2. The predicted molar refractivity (Wildman–Crippen MR) is 114 cm³/mol. The van der Waals surface area contributed by atoms with Crippen molar-refractivity contribution in [3.8, 4) is 0 Å². The molecular weight excluding hydrogens is 380 g/mol. The Labute approximate surface area is 177 Å².